The largest absolute Gasteiger partial charge is 0.462 e. The first kappa shape index (κ1) is 13.6. The molecule has 0 bridgehead atoms. The van der Waals surface area contributed by atoms with Crippen molar-refractivity contribution in [2.75, 3.05) is 13.1 Å². The first-order valence-electron chi connectivity index (χ1n) is 6.20. The Morgan fingerprint density at radius 1 is 1.29 bits per heavy atom. The van der Waals surface area contributed by atoms with E-state index < -0.39 is 0 Å². The summed E-state index contributed by atoms with van der Waals surface area (Å²) in [6, 6.07) is 3.75. The van der Waals surface area contributed by atoms with Gasteiger partial charge in [-0.15, -0.1) is 0 Å². The van der Waals surface area contributed by atoms with E-state index in [2.05, 4.69) is 13.8 Å². The van der Waals surface area contributed by atoms with E-state index in [1.54, 1.807) is 12.2 Å². The van der Waals surface area contributed by atoms with E-state index in [-0.39, 0.29) is 5.91 Å². The van der Waals surface area contributed by atoms with Crippen LogP contribution in [0.15, 0.2) is 22.6 Å². The molecule has 1 aromatic heterocycles. The van der Waals surface area contributed by atoms with Crippen molar-refractivity contribution in [3.63, 3.8) is 0 Å². The SMILES string of the molecule is CCCN(CCC)C(=O)C=Cc1ccc(C)o1. The number of carbonyl (C=O) groups excluding carboxylic acids is 1. The molecule has 17 heavy (non-hydrogen) atoms. The van der Waals surface area contributed by atoms with E-state index in [1.165, 1.54) is 0 Å². The molecule has 94 valence electrons. The van der Waals surface area contributed by atoms with Crippen LogP contribution in [0.3, 0.4) is 0 Å². The van der Waals surface area contributed by atoms with Gasteiger partial charge in [-0.1, -0.05) is 13.8 Å². The van der Waals surface area contributed by atoms with Gasteiger partial charge in [-0.05, 0) is 38.0 Å². The van der Waals surface area contributed by atoms with Crippen molar-refractivity contribution in [3.05, 3.63) is 29.7 Å². The summed E-state index contributed by atoms with van der Waals surface area (Å²) in [6.45, 7) is 7.67. The molecule has 1 aromatic rings. The second-order valence-corrected chi connectivity index (χ2v) is 4.11. The first-order valence-corrected chi connectivity index (χ1v) is 6.20. The minimum atomic E-state index is 0.0581. The molecule has 3 heteroatoms. The Morgan fingerprint density at radius 2 is 1.94 bits per heavy atom. The monoisotopic (exact) mass is 235 g/mol. The van der Waals surface area contributed by atoms with Crippen molar-refractivity contribution < 1.29 is 9.21 Å². The summed E-state index contributed by atoms with van der Waals surface area (Å²) in [5, 5.41) is 0. The third-order valence-corrected chi connectivity index (χ3v) is 2.45. The molecule has 0 radical (unpaired) electrons. The van der Waals surface area contributed by atoms with Crippen molar-refractivity contribution in [1.29, 1.82) is 0 Å². The van der Waals surface area contributed by atoms with Crippen molar-refractivity contribution in [1.82, 2.24) is 4.90 Å². The van der Waals surface area contributed by atoms with Crippen LogP contribution in [0.4, 0.5) is 0 Å². The fraction of sp³-hybridized carbons (Fsp3) is 0.500. The van der Waals surface area contributed by atoms with Gasteiger partial charge in [0.25, 0.3) is 0 Å². The number of nitrogens with zero attached hydrogens (tertiary/aromatic N) is 1. The minimum absolute atomic E-state index is 0.0581. The van der Waals surface area contributed by atoms with Crippen LogP contribution in [0.1, 0.15) is 38.2 Å². The molecule has 1 heterocycles. The Balaban J connectivity index is 2.59. The lowest BCUT2D eigenvalue weighted by Gasteiger charge is -2.19. The van der Waals surface area contributed by atoms with Crippen LogP contribution in [0.25, 0.3) is 6.08 Å². The standard InChI is InChI=1S/C14H21NO2/c1-4-10-15(11-5-2)14(16)9-8-13-7-6-12(3)17-13/h6-9H,4-5,10-11H2,1-3H3. The molecule has 0 fully saturated rings. The predicted molar refractivity (Wildman–Crippen MR) is 69.6 cm³/mol. The van der Waals surface area contributed by atoms with Crippen LogP contribution in [0.2, 0.25) is 0 Å². The van der Waals surface area contributed by atoms with Gasteiger partial charge in [0.1, 0.15) is 11.5 Å². The summed E-state index contributed by atoms with van der Waals surface area (Å²) in [5.74, 6) is 1.64. The summed E-state index contributed by atoms with van der Waals surface area (Å²) in [6.07, 6.45) is 5.29. The van der Waals surface area contributed by atoms with E-state index in [1.807, 2.05) is 24.0 Å². The van der Waals surface area contributed by atoms with E-state index in [0.717, 1.165) is 37.5 Å². The highest BCUT2D eigenvalue weighted by molar-refractivity contribution is 5.91. The third kappa shape index (κ3) is 4.47. The van der Waals surface area contributed by atoms with Gasteiger partial charge in [0, 0.05) is 19.2 Å². The normalized spacial score (nSPS) is 11.0. The molecule has 0 N–H and O–H groups in total. The first-order chi connectivity index (χ1) is 8.17. The highest BCUT2D eigenvalue weighted by Gasteiger charge is 2.07. The molecule has 0 atom stereocenters. The summed E-state index contributed by atoms with van der Waals surface area (Å²) in [5.41, 5.74) is 0. The molecule has 0 aromatic carbocycles. The van der Waals surface area contributed by atoms with Gasteiger partial charge < -0.3 is 9.32 Å². The van der Waals surface area contributed by atoms with Gasteiger partial charge in [-0.3, -0.25) is 4.79 Å². The highest BCUT2D eigenvalue weighted by atomic mass is 16.3. The van der Waals surface area contributed by atoms with Crippen LogP contribution in [-0.4, -0.2) is 23.9 Å². The van der Waals surface area contributed by atoms with Crippen molar-refractivity contribution in [2.45, 2.75) is 33.6 Å². The van der Waals surface area contributed by atoms with Gasteiger partial charge in [0.2, 0.25) is 5.91 Å². The molecule has 1 amide bonds. The Kier molecular flexibility index (Phi) is 5.53. The number of hydrogen-bond acceptors (Lipinski definition) is 2. The van der Waals surface area contributed by atoms with Crippen molar-refractivity contribution in [3.8, 4) is 0 Å². The molecule has 1 rings (SSSR count). The van der Waals surface area contributed by atoms with E-state index >= 15 is 0 Å². The molecular formula is C14H21NO2. The van der Waals surface area contributed by atoms with Gasteiger partial charge in [0.15, 0.2) is 0 Å². The van der Waals surface area contributed by atoms with Gasteiger partial charge in [0.05, 0.1) is 0 Å². The van der Waals surface area contributed by atoms with E-state index in [0.29, 0.717) is 0 Å². The number of carbonyl (C=O) groups is 1. The van der Waals surface area contributed by atoms with Crippen LogP contribution in [0, 0.1) is 6.92 Å². The smallest absolute Gasteiger partial charge is 0.246 e. The number of amides is 1. The molecule has 0 aliphatic rings. The lowest BCUT2D eigenvalue weighted by molar-refractivity contribution is -0.126. The molecule has 0 saturated heterocycles. The maximum absolute atomic E-state index is 11.9. The van der Waals surface area contributed by atoms with Crippen LogP contribution in [0.5, 0.6) is 0 Å². The van der Waals surface area contributed by atoms with Crippen LogP contribution >= 0.6 is 0 Å². The minimum Gasteiger partial charge on any atom is -0.462 e. The maximum Gasteiger partial charge on any atom is 0.246 e. The summed E-state index contributed by atoms with van der Waals surface area (Å²) in [7, 11) is 0. The summed E-state index contributed by atoms with van der Waals surface area (Å²) in [4.78, 5) is 13.8. The molecule has 3 nitrogen and oxygen atoms in total. The second kappa shape index (κ2) is 6.94. The topological polar surface area (TPSA) is 33.5 Å². The third-order valence-electron chi connectivity index (χ3n) is 2.45. The van der Waals surface area contributed by atoms with E-state index in [9.17, 15) is 4.79 Å². The average Bonchev–Trinajstić information content (AvgIpc) is 2.72. The average molecular weight is 235 g/mol. The van der Waals surface area contributed by atoms with Gasteiger partial charge in [-0.2, -0.15) is 0 Å². The van der Waals surface area contributed by atoms with Gasteiger partial charge >= 0.3 is 0 Å². The summed E-state index contributed by atoms with van der Waals surface area (Å²) >= 11 is 0. The van der Waals surface area contributed by atoms with Crippen LogP contribution in [-0.2, 0) is 4.79 Å². The van der Waals surface area contributed by atoms with E-state index in [4.69, 9.17) is 4.42 Å². The lowest BCUT2D eigenvalue weighted by Crippen LogP contribution is -2.30. The fourth-order valence-electron chi connectivity index (χ4n) is 1.67. The molecule has 0 unspecified atom stereocenters. The zero-order valence-electron chi connectivity index (χ0n) is 10.9. The highest BCUT2D eigenvalue weighted by Crippen LogP contribution is 2.08. The molecule has 0 aliphatic carbocycles. The Hall–Kier alpha value is -1.51. The Morgan fingerprint density at radius 3 is 2.41 bits per heavy atom. The molecular weight excluding hydrogens is 214 g/mol. The molecule has 0 spiro atoms. The Bertz CT molecular complexity index is 373. The van der Waals surface area contributed by atoms with Crippen molar-refractivity contribution >= 4 is 12.0 Å². The predicted octanol–water partition coefficient (Wildman–Crippen LogP) is 3.25. The van der Waals surface area contributed by atoms with Crippen molar-refractivity contribution in [2.24, 2.45) is 0 Å². The molecule has 0 aliphatic heterocycles. The number of aryl methyl sites for hydroxylation is 1. The number of furan rings is 1. The second-order valence-electron chi connectivity index (χ2n) is 4.11. The zero-order valence-corrected chi connectivity index (χ0v) is 10.9. The zero-order chi connectivity index (χ0) is 12.7. The Labute approximate surface area is 103 Å². The number of hydrogen-bond donors (Lipinski definition) is 0. The maximum atomic E-state index is 11.9. The lowest BCUT2D eigenvalue weighted by atomic mass is 10.3. The summed E-state index contributed by atoms with van der Waals surface area (Å²) < 4.78 is 5.38. The fourth-order valence-corrected chi connectivity index (χ4v) is 1.67. The quantitative estimate of drug-likeness (QED) is 0.709. The van der Waals surface area contributed by atoms with Crippen LogP contribution < -0.4 is 0 Å². The number of rotatable bonds is 6. The van der Waals surface area contributed by atoms with Gasteiger partial charge in [-0.25, -0.2) is 0 Å². The molecule has 0 saturated carbocycles.